The molecular weight excluding hydrogens is 292 g/mol. The standard InChI is InChI=1S/C17H28N4O2/c1-13(2)11-20-8-5-17(6-9-20)15(22)21(16(23)19-17)12-14-4-3-7-18-10-14/h14,18H,1,3-12H2,2H3,(H,19,23). The van der Waals surface area contributed by atoms with Gasteiger partial charge in [0, 0.05) is 26.2 Å². The molecule has 6 heteroatoms. The van der Waals surface area contributed by atoms with Crippen LogP contribution in [0, 0.1) is 5.92 Å². The minimum Gasteiger partial charge on any atom is -0.323 e. The molecule has 1 spiro atoms. The SMILES string of the molecule is C=C(C)CN1CCC2(CC1)NC(=O)N(CC1CCCNC1)C2=O. The largest absolute Gasteiger partial charge is 0.325 e. The van der Waals surface area contributed by atoms with Gasteiger partial charge in [-0.1, -0.05) is 12.2 Å². The van der Waals surface area contributed by atoms with Gasteiger partial charge in [-0.25, -0.2) is 4.79 Å². The molecule has 1 unspecified atom stereocenters. The predicted molar refractivity (Wildman–Crippen MR) is 89.1 cm³/mol. The Morgan fingerprint density at radius 1 is 1.35 bits per heavy atom. The molecule has 3 saturated heterocycles. The van der Waals surface area contributed by atoms with E-state index >= 15 is 0 Å². The molecular formula is C17H28N4O2. The van der Waals surface area contributed by atoms with Gasteiger partial charge in [-0.15, -0.1) is 0 Å². The molecule has 3 rings (SSSR count). The predicted octanol–water partition coefficient (Wildman–Crippen LogP) is 0.949. The van der Waals surface area contributed by atoms with Gasteiger partial charge >= 0.3 is 6.03 Å². The van der Waals surface area contributed by atoms with Gasteiger partial charge in [-0.05, 0) is 51.6 Å². The fraction of sp³-hybridized carbons (Fsp3) is 0.765. The molecule has 0 aromatic heterocycles. The molecule has 0 radical (unpaired) electrons. The number of hydrogen-bond acceptors (Lipinski definition) is 4. The van der Waals surface area contributed by atoms with Gasteiger partial charge in [0.15, 0.2) is 0 Å². The quantitative estimate of drug-likeness (QED) is 0.598. The molecule has 3 aliphatic heterocycles. The minimum atomic E-state index is -0.662. The Kier molecular flexibility index (Phi) is 4.73. The molecule has 0 aromatic rings. The normalized spacial score (nSPS) is 28.2. The second-order valence-corrected chi connectivity index (χ2v) is 7.37. The van der Waals surface area contributed by atoms with E-state index < -0.39 is 5.54 Å². The van der Waals surface area contributed by atoms with Crippen LogP contribution in [0.2, 0.25) is 0 Å². The number of amides is 3. The van der Waals surface area contributed by atoms with E-state index in [4.69, 9.17) is 0 Å². The van der Waals surface area contributed by atoms with Crippen LogP contribution in [0.1, 0.15) is 32.6 Å². The van der Waals surface area contributed by atoms with Crippen molar-refractivity contribution in [2.75, 3.05) is 39.3 Å². The number of imide groups is 1. The lowest BCUT2D eigenvalue weighted by atomic mass is 9.87. The summed E-state index contributed by atoms with van der Waals surface area (Å²) in [6, 6.07) is -0.200. The van der Waals surface area contributed by atoms with Gasteiger partial charge in [0.25, 0.3) is 5.91 Å². The van der Waals surface area contributed by atoms with Crippen LogP contribution < -0.4 is 10.6 Å². The average molecular weight is 320 g/mol. The van der Waals surface area contributed by atoms with Crippen LogP contribution in [0.15, 0.2) is 12.2 Å². The van der Waals surface area contributed by atoms with Gasteiger partial charge < -0.3 is 10.6 Å². The molecule has 0 saturated carbocycles. The van der Waals surface area contributed by atoms with Crippen molar-refractivity contribution < 1.29 is 9.59 Å². The first-order valence-electron chi connectivity index (χ1n) is 8.72. The summed E-state index contributed by atoms with van der Waals surface area (Å²) in [6.45, 7) is 11.0. The third kappa shape index (κ3) is 3.43. The van der Waals surface area contributed by atoms with Gasteiger partial charge in [-0.2, -0.15) is 0 Å². The van der Waals surface area contributed by atoms with Crippen LogP contribution in [0.25, 0.3) is 0 Å². The minimum absolute atomic E-state index is 0.0111. The molecule has 3 aliphatic rings. The number of likely N-dealkylation sites (tertiary alicyclic amines) is 1. The summed E-state index contributed by atoms with van der Waals surface area (Å²) in [4.78, 5) is 29.0. The maximum absolute atomic E-state index is 12.9. The van der Waals surface area contributed by atoms with Crippen LogP contribution in [0.4, 0.5) is 4.79 Å². The number of rotatable bonds is 4. The Labute approximate surface area is 138 Å². The second-order valence-electron chi connectivity index (χ2n) is 7.37. The first kappa shape index (κ1) is 16.5. The zero-order chi connectivity index (χ0) is 16.4. The Morgan fingerprint density at radius 2 is 2.09 bits per heavy atom. The molecule has 23 heavy (non-hydrogen) atoms. The molecule has 128 valence electrons. The van der Waals surface area contributed by atoms with Gasteiger partial charge in [0.1, 0.15) is 5.54 Å². The summed E-state index contributed by atoms with van der Waals surface area (Å²) in [5.74, 6) is 0.375. The summed E-state index contributed by atoms with van der Waals surface area (Å²) in [5.41, 5.74) is 0.472. The molecule has 3 fully saturated rings. The summed E-state index contributed by atoms with van der Waals surface area (Å²) < 4.78 is 0. The smallest absolute Gasteiger partial charge is 0.323 e. The summed E-state index contributed by atoms with van der Waals surface area (Å²) in [6.07, 6.45) is 3.60. The lowest BCUT2D eigenvalue weighted by Crippen LogP contribution is -2.55. The molecule has 3 amide bonds. The molecule has 0 aliphatic carbocycles. The zero-order valence-corrected chi connectivity index (χ0v) is 14.1. The monoisotopic (exact) mass is 320 g/mol. The van der Waals surface area contributed by atoms with Crippen LogP contribution in [-0.2, 0) is 4.79 Å². The number of nitrogens with one attached hydrogen (secondary N) is 2. The maximum atomic E-state index is 12.9. The second kappa shape index (κ2) is 6.61. The van der Waals surface area contributed by atoms with Crippen LogP contribution in [-0.4, -0.2) is 66.5 Å². The highest BCUT2D eigenvalue weighted by Gasteiger charge is 2.52. The number of carbonyl (C=O) groups is 2. The van der Waals surface area contributed by atoms with Crippen molar-refractivity contribution in [1.82, 2.24) is 20.4 Å². The number of urea groups is 1. The van der Waals surface area contributed by atoms with E-state index in [1.165, 1.54) is 4.90 Å². The Hall–Kier alpha value is -1.40. The number of nitrogens with zero attached hydrogens (tertiary/aromatic N) is 2. The zero-order valence-electron chi connectivity index (χ0n) is 14.1. The van der Waals surface area contributed by atoms with Crippen molar-refractivity contribution in [3.05, 3.63) is 12.2 Å². The van der Waals surface area contributed by atoms with E-state index in [0.29, 0.717) is 25.3 Å². The fourth-order valence-electron chi connectivity index (χ4n) is 3.99. The summed E-state index contributed by atoms with van der Waals surface area (Å²) in [7, 11) is 0. The van der Waals surface area contributed by atoms with Crippen LogP contribution in [0.5, 0.6) is 0 Å². The van der Waals surface area contributed by atoms with Crippen molar-refractivity contribution in [2.24, 2.45) is 5.92 Å². The molecule has 0 bridgehead atoms. The third-order valence-corrected chi connectivity index (χ3v) is 5.29. The van der Waals surface area contributed by atoms with Crippen molar-refractivity contribution in [3.8, 4) is 0 Å². The van der Waals surface area contributed by atoms with Crippen LogP contribution in [0.3, 0.4) is 0 Å². The van der Waals surface area contributed by atoms with E-state index in [-0.39, 0.29) is 11.9 Å². The molecule has 3 heterocycles. The van der Waals surface area contributed by atoms with E-state index in [9.17, 15) is 9.59 Å². The first-order valence-corrected chi connectivity index (χ1v) is 8.72. The highest BCUT2D eigenvalue weighted by Crippen LogP contribution is 2.30. The molecule has 2 N–H and O–H groups in total. The number of carbonyl (C=O) groups excluding carboxylic acids is 2. The van der Waals surface area contributed by atoms with E-state index in [1.807, 2.05) is 6.92 Å². The van der Waals surface area contributed by atoms with E-state index in [1.54, 1.807) is 0 Å². The lowest BCUT2D eigenvalue weighted by molar-refractivity contribution is -0.133. The Bertz CT molecular complexity index is 491. The van der Waals surface area contributed by atoms with E-state index in [2.05, 4.69) is 22.1 Å². The Balaban J connectivity index is 1.61. The maximum Gasteiger partial charge on any atom is 0.325 e. The van der Waals surface area contributed by atoms with Gasteiger partial charge in [0.05, 0.1) is 0 Å². The first-order chi connectivity index (χ1) is 11.0. The molecule has 1 atom stereocenters. The van der Waals surface area contributed by atoms with Crippen molar-refractivity contribution >= 4 is 11.9 Å². The molecule has 6 nitrogen and oxygen atoms in total. The summed E-state index contributed by atoms with van der Waals surface area (Å²) in [5, 5.41) is 6.35. The third-order valence-electron chi connectivity index (χ3n) is 5.29. The van der Waals surface area contributed by atoms with Crippen molar-refractivity contribution in [1.29, 1.82) is 0 Å². The van der Waals surface area contributed by atoms with Crippen molar-refractivity contribution in [2.45, 2.75) is 38.1 Å². The average Bonchev–Trinajstić information content (AvgIpc) is 2.75. The summed E-state index contributed by atoms with van der Waals surface area (Å²) >= 11 is 0. The number of hydrogen-bond donors (Lipinski definition) is 2. The van der Waals surface area contributed by atoms with E-state index in [0.717, 1.165) is 51.1 Å². The van der Waals surface area contributed by atoms with Gasteiger partial charge in [-0.3, -0.25) is 14.6 Å². The molecule has 0 aromatic carbocycles. The van der Waals surface area contributed by atoms with Gasteiger partial charge in [0.2, 0.25) is 0 Å². The Morgan fingerprint density at radius 3 is 2.70 bits per heavy atom. The fourth-order valence-corrected chi connectivity index (χ4v) is 3.99. The van der Waals surface area contributed by atoms with Crippen molar-refractivity contribution in [3.63, 3.8) is 0 Å². The number of piperidine rings is 2. The van der Waals surface area contributed by atoms with Crippen LogP contribution >= 0.6 is 0 Å². The highest BCUT2D eigenvalue weighted by molar-refractivity contribution is 6.07. The highest BCUT2D eigenvalue weighted by atomic mass is 16.2. The lowest BCUT2D eigenvalue weighted by Gasteiger charge is -2.37. The topological polar surface area (TPSA) is 64.7 Å².